The first kappa shape index (κ1) is 19.4. The average molecular weight is 437 g/mol. The highest BCUT2D eigenvalue weighted by Crippen LogP contribution is 2.24. The number of nitrogens with one attached hydrogen (secondary N) is 1. The lowest BCUT2D eigenvalue weighted by Crippen LogP contribution is -2.36. The van der Waals surface area contributed by atoms with Gasteiger partial charge in [0.1, 0.15) is 12.1 Å². The van der Waals surface area contributed by atoms with Crippen LogP contribution in [-0.2, 0) is 4.74 Å². The summed E-state index contributed by atoms with van der Waals surface area (Å²) in [4.78, 5) is 16.4. The summed E-state index contributed by atoms with van der Waals surface area (Å²) >= 11 is 1.59. The molecule has 3 aromatic heterocycles. The third-order valence-corrected chi connectivity index (χ3v) is 5.81. The second-order valence-corrected chi connectivity index (χ2v) is 7.77. The van der Waals surface area contributed by atoms with Crippen molar-refractivity contribution in [2.45, 2.75) is 0 Å². The molecule has 1 aromatic carbocycles. The molecule has 0 spiro atoms. The minimum absolute atomic E-state index is 0.577. The number of hydrogen-bond donors (Lipinski definition) is 1. The van der Waals surface area contributed by atoms with Crippen LogP contribution in [0.25, 0.3) is 16.7 Å². The molecule has 1 aliphatic heterocycles. The van der Waals surface area contributed by atoms with Crippen molar-refractivity contribution in [3.63, 3.8) is 0 Å². The van der Waals surface area contributed by atoms with Crippen molar-refractivity contribution in [1.29, 1.82) is 0 Å². The van der Waals surface area contributed by atoms with Gasteiger partial charge in [0.25, 0.3) is 0 Å². The number of aromatic nitrogens is 5. The fourth-order valence-electron chi connectivity index (χ4n) is 3.26. The SMILES string of the molecule is COc1cccc(-n2ncc3c(N/N=C/c4cnc(N5CCOCC5)s4)ncnc32)c1. The third kappa shape index (κ3) is 4.05. The van der Waals surface area contributed by atoms with Gasteiger partial charge in [-0.15, -0.1) is 0 Å². The van der Waals surface area contributed by atoms with Gasteiger partial charge < -0.3 is 14.4 Å². The second-order valence-electron chi connectivity index (χ2n) is 6.73. The number of rotatable bonds is 6. The lowest BCUT2D eigenvalue weighted by molar-refractivity contribution is 0.122. The third-order valence-electron chi connectivity index (χ3n) is 4.82. The number of hydrazone groups is 1. The zero-order valence-electron chi connectivity index (χ0n) is 16.8. The summed E-state index contributed by atoms with van der Waals surface area (Å²) < 4.78 is 12.4. The maximum absolute atomic E-state index is 5.39. The Bertz CT molecular complexity index is 1210. The molecule has 4 aromatic rings. The predicted octanol–water partition coefficient (Wildman–Crippen LogP) is 2.56. The van der Waals surface area contributed by atoms with Crippen molar-refractivity contribution < 1.29 is 9.47 Å². The molecule has 4 heterocycles. The van der Waals surface area contributed by atoms with E-state index in [4.69, 9.17) is 9.47 Å². The van der Waals surface area contributed by atoms with Crippen LogP contribution in [0.4, 0.5) is 10.9 Å². The van der Waals surface area contributed by atoms with Crippen molar-refractivity contribution in [2.75, 3.05) is 43.7 Å². The molecule has 0 atom stereocenters. The van der Waals surface area contributed by atoms with Gasteiger partial charge in [0.15, 0.2) is 16.6 Å². The fourth-order valence-corrected chi connectivity index (χ4v) is 4.10. The Morgan fingerprint density at radius 1 is 1.19 bits per heavy atom. The zero-order chi connectivity index (χ0) is 21.0. The predicted molar refractivity (Wildman–Crippen MR) is 120 cm³/mol. The quantitative estimate of drug-likeness (QED) is 0.363. The van der Waals surface area contributed by atoms with Gasteiger partial charge in [0.2, 0.25) is 0 Å². The number of methoxy groups -OCH3 is 1. The molecule has 10 nitrogen and oxygen atoms in total. The lowest BCUT2D eigenvalue weighted by Gasteiger charge is -2.25. The van der Waals surface area contributed by atoms with Crippen LogP contribution in [0.5, 0.6) is 5.75 Å². The summed E-state index contributed by atoms with van der Waals surface area (Å²) in [5.74, 6) is 1.33. The number of ether oxygens (including phenoxy) is 2. The smallest absolute Gasteiger partial charge is 0.186 e. The number of fused-ring (bicyclic) bond motifs is 1. The van der Waals surface area contributed by atoms with Crippen molar-refractivity contribution in [3.05, 3.63) is 47.9 Å². The summed E-state index contributed by atoms with van der Waals surface area (Å²) in [6, 6.07) is 7.64. The van der Waals surface area contributed by atoms with Crippen molar-refractivity contribution >= 4 is 39.5 Å². The number of morpholine rings is 1. The number of nitrogens with zero attached hydrogens (tertiary/aromatic N) is 7. The average Bonchev–Trinajstić information content (AvgIpc) is 3.48. The van der Waals surface area contributed by atoms with Gasteiger partial charge in [-0.05, 0) is 12.1 Å². The fraction of sp³-hybridized carbons (Fsp3) is 0.250. The first-order valence-electron chi connectivity index (χ1n) is 9.72. The first-order chi connectivity index (χ1) is 15.3. The Kier molecular flexibility index (Phi) is 5.42. The van der Waals surface area contributed by atoms with Gasteiger partial charge in [-0.2, -0.15) is 10.2 Å². The van der Waals surface area contributed by atoms with E-state index in [1.807, 2.05) is 30.5 Å². The normalized spacial score (nSPS) is 14.4. The van der Waals surface area contributed by atoms with E-state index in [9.17, 15) is 0 Å². The van der Waals surface area contributed by atoms with Crippen molar-refractivity contribution in [2.24, 2.45) is 5.10 Å². The molecular weight excluding hydrogens is 416 g/mol. The van der Waals surface area contributed by atoms with Crippen LogP contribution in [0.1, 0.15) is 4.88 Å². The Labute approximate surface area is 182 Å². The first-order valence-corrected chi connectivity index (χ1v) is 10.5. The molecule has 5 rings (SSSR count). The van der Waals surface area contributed by atoms with E-state index < -0.39 is 0 Å². The van der Waals surface area contributed by atoms with Crippen molar-refractivity contribution in [1.82, 2.24) is 24.7 Å². The largest absolute Gasteiger partial charge is 0.497 e. The van der Waals surface area contributed by atoms with Crippen LogP contribution < -0.4 is 15.1 Å². The highest BCUT2D eigenvalue weighted by Gasteiger charge is 2.14. The molecule has 0 saturated carbocycles. The van der Waals surface area contributed by atoms with Gasteiger partial charge >= 0.3 is 0 Å². The van der Waals surface area contributed by atoms with E-state index in [-0.39, 0.29) is 0 Å². The molecule has 1 aliphatic rings. The van der Waals surface area contributed by atoms with E-state index in [0.29, 0.717) is 11.5 Å². The van der Waals surface area contributed by atoms with Crippen LogP contribution in [0, 0.1) is 0 Å². The zero-order valence-corrected chi connectivity index (χ0v) is 17.6. The lowest BCUT2D eigenvalue weighted by atomic mass is 10.3. The number of benzene rings is 1. The number of thiazole rings is 1. The van der Waals surface area contributed by atoms with E-state index in [0.717, 1.165) is 53.1 Å². The number of hydrogen-bond acceptors (Lipinski definition) is 10. The van der Waals surface area contributed by atoms with Gasteiger partial charge in [0, 0.05) is 25.4 Å². The summed E-state index contributed by atoms with van der Waals surface area (Å²) in [6.45, 7) is 3.19. The van der Waals surface area contributed by atoms with Crippen LogP contribution in [0.15, 0.2) is 48.1 Å². The maximum Gasteiger partial charge on any atom is 0.186 e. The van der Waals surface area contributed by atoms with Crippen LogP contribution in [-0.4, -0.2) is 64.4 Å². The summed E-state index contributed by atoms with van der Waals surface area (Å²) in [5.41, 5.74) is 4.52. The van der Waals surface area contributed by atoms with Gasteiger partial charge in [0.05, 0.1) is 48.7 Å². The van der Waals surface area contributed by atoms with Gasteiger partial charge in [-0.1, -0.05) is 17.4 Å². The molecule has 0 radical (unpaired) electrons. The molecule has 1 saturated heterocycles. The minimum atomic E-state index is 0.577. The summed E-state index contributed by atoms with van der Waals surface area (Å²) in [7, 11) is 1.63. The molecule has 1 N–H and O–H groups in total. The highest BCUT2D eigenvalue weighted by atomic mass is 32.1. The van der Waals surface area contributed by atoms with Gasteiger partial charge in [-0.3, -0.25) is 5.43 Å². The molecule has 158 valence electrons. The van der Waals surface area contributed by atoms with E-state index >= 15 is 0 Å². The molecular formula is C20H20N8O2S. The molecule has 0 aliphatic carbocycles. The molecule has 11 heteroatoms. The van der Waals surface area contributed by atoms with Crippen LogP contribution in [0.3, 0.4) is 0 Å². The molecule has 0 amide bonds. The Hall–Kier alpha value is -3.57. The van der Waals surface area contributed by atoms with Crippen LogP contribution >= 0.6 is 11.3 Å². The minimum Gasteiger partial charge on any atom is -0.497 e. The summed E-state index contributed by atoms with van der Waals surface area (Å²) in [5, 5.41) is 10.5. The second kappa shape index (κ2) is 8.66. The topological polar surface area (TPSA) is 103 Å². The number of anilines is 2. The Balaban J connectivity index is 1.34. The van der Waals surface area contributed by atoms with E-state index in [2.05, 4.69) is 35.5 Å². The molecule has 0 bridgehead atoms. The van der Waals surface area contributed by atoms with Crippen molar-refractivity contribution in [3.8, 4) is 11.4 Å². The van der Waals surface area contributed by atoms with E-state index in [1.54, 1.807) is 35.5 Å². The van der Waals surface area contributed by atoms with Gasteiger partial charge in [-0.25, -0.2) is 19.6 Å². The standard InChI is InChI=1S/C20H20N8O2S/c1-29-15-4-2-3-14(9-15)28-19-17(12-25-28)18(22-13-23-19)26-24-11-16-10-21-20(31-16)27-5-7-30-8-6-27/h2-4,9-13H,5-8H2,1H3,(H,22,23,26)/b24-11+. The monoisotopic (exact) mass is 436 g/mol. The van der Waals surface area contributed by atoms with E-state index in [1.165, 1.54) is 6.33 Å². The molecule has 1 fully saturated rings. The maximum atomic E-state index is 5.39. The Morgan fingerprint density at radius 2 is 2.10 bits per heavy atom. The summed E-state index contributed by atoms with van der Waals surface area (Å²) in [6.07, 6.45) is 6.76. The van der Waals surface area contributed by atoms with Crippen LogP contribution in [0.2, 0.25) is 0 Å². The molecule has 31 heavy (non-hydrogen) atoms. The Morgan fingerprint density at radius 3 is 2.97 bits per heavy atom. The molecule has 0 unspecified atom stereocenters. The highest BCUT2D eigenvalue weighted by molar-refractivity contribution is 7.17.